The summed E-state index contributed by atoms with van der Waals surface area (Å²) in [6.45, 7) is 11.6. The number of carbonyl (C=O) groups is 1. The molecular weight excluding hydrogens is 436 g/mol. The Bertz CT molecular complexity index is 990. The fraction of sp³-hybridized carbons (Fsp3) is 0.500. The number of nitrogens with one attached hydrogen (secondary N) is 1. The summed E-state index contributed by atoms with van der Waals surface area (Å²) in [7, 11) is 1.57. The maximum atomic E-state index is 11.4. The van der Waals surface area contributed by atoms with Crippen molar-refractivity contribution < 1.29 is 14.3 Å². The molecule has 1 N–H and O–H groups in total. The quantitative estimate of drug-likeness (QED) is 0.405. The van der Waals surface area contributed by atoms with Gasteiger partial charge in [-0.2, -0.15) is 5.10 Å². The van der Waals surface area contributed by atoms with Crippen LogP contribution < -0.4 is 15.0 Å². The van der Waals surface area contributed by atoms with Crippen LogP contribution in [0.4, 0.5) is 10.5 Å². The van der Waals surface area contributed by atoms with Gasteiger partial charge in [0.2, 0.25) is 0 Å². The number of carbonyl (C=O) groups excluding carboxylic acids is 1. The van der Waals surface area contributed by atoms with Crippen molar-refractivity contribution in [2.75, 3.05) is 13.7 Å². The number of ether oxygens (including phenoxy) is 2. The van der Waals surface area contributed by atoms with Crippen LogP contribution in [-0.4, -0.2) is 30.6 Å². The molecule has 0 saturated heterocycles. The number of hydrogen-bond acceptors (Lipinski definition) is 6. The van der Waals surface area contributed by atoms with Gasteiger partial charge in [-0.1, -0.05) is 45.7 Å². The number of amides is 1. The van der Waals surface area contributed by atoms with Gasteiger partial charge in [-0.25, -0.2) is 15.2 Å². The molecule has 1 amide bonds. The fourth-order valence-corrected chi connectivity index (χ4v) is 4.03. The lowest BCUT2D eigenvalue weighted by Crippen LogP contribution is -2.18. The number of hydrazone groups is 1. The first-order valence-electron chi connectivity index (χ1n) is 10.3. The van der Waals surface area contributed by atoms with Crippen LogP contribution in [0.2, 0.25) is 5.02 Å². The molecule has 170 valence electrons. The van der Waals surface area contributed by atoms with Crippen LogP contribution in [0.3, 0.4) is 0 Å². The first-order chi connectivity index (χ1) is 14.7. The smallest absolute Gasteiger partial charge is 0.427 e. The van der Waals surface area contributed by atoms with Crippen LogP contribution in [0.1, 0.15) is 57.9 Å². The van der Waals surface area contributed by atoms with E-state index in [0.717, 1.165) is 24.2 Å². The van der Waals surface area contributed by atoms with Gasteiger partial charge in [0, 0.05) is 28.2 Å². The number of methoxy groups -OCH3 is 1. The number of hydrogen-bond donors (Lipinski definition) is 1. The summed E-state index contributed by atoms with van der Waals surface area (Å²) in [4.78, 5) is 18.5. The molecule has 31 heavy (non-hydrogen) atoms. The highest BCUT2D eigenvalue weighted by Gasteiger charge is 2.18. The summed E-state index contributed by atoms with van der Waals surface area (Å²) in [5.74, 6) is 0.520. The van der Waals surface area contributed by atoms with E-state index in [1.165, 1.54) is 11.1 Å². The average Bonchev–Trinajstić information content (AvgIpc) is 3.09. The zero-order valence-electron chi connectivity index (χ0n) is 19.0. The number of unbranched alkanes of at least 4 members (excludes halogenated alkanes) is 1. The zero-order valence-corrected chi connectivity index (χ0v) is 20.6. The van der Waals surface area contributed by atoms with Gasteiger partial charge in [-0.05, 0) is 30.9 Å². The molecule has 0 saturated carbocycles. The second-order valence-corrected chi connectivity index (χ2v) is 9.37. The molecule has 0 spiro atoms. The van der Waals surface area contributed by atoms with Crippen molar-refractivity contribution in [3.05, 3.63) is 38.6 Å². The van der Waals surface area contributed by atoms with Crippen molar-refractivity contribution in [3.63, 3.8) is 0 Å². The summed E-state index contributed by atoms with van der Waals surface area (Å²) < 4.78 is 12.6. The molecule has 0 aliphatic rings. The standard InChI is InChI=1S/C22H31ClN4O3S/c1-7-9-10-27-14-18(22(3,4)5)31-20(27)25-17-12-16(23)11-15(19(17)29-6)13-24-26-21(28)30-8-2/h11-14H,7-10H2,1-6H3,(H,26,28). The fourth-order valence-electron chi connectivity index (χ4n) is 2.72. The molecule has 0 fully saturated rings. The van der Waals surface area contributed by atoms with Crippen molar-refractivity contribution in [2.24, 2.45) is 10.1 Å². The molecule has 0 bridgehead atoms. The highest BCUT2D eigenvalue weighted by Crippen LogP contribution is 2.34. The molecular formula is C22H31ClN4O3S. The van der Waals surface area contributed by atoms with Crippen LogP contribution >= 0.6 is 22.9 Å². The lowest BCUT2D eigenvalue weighted by atomic mass is 9.95. The number of thiazole rings is 1. The van der Waals surface area contributed by atoms with E-state index in [1.807, 2.05) is 0 Å². The molecule has 2 aromatic rings. The maximum absolute atomic E-state index is 11.4. The van der Waals surface area contributed by atoms with E-state index in [4.69, 9.17) is 26.1 Å². The summed E-state index contributed by atoms with van der Waals surface area (Å²) >= 11 is 8.01. The SMILES string of the molecule is CCCCn1cc(C(C)(C)C)sc1=Nc1cc(Cl)cc(C=NNC(=O)OCC)c1OC. The van der Waals surface area contributed by atoms with Crippen LogP contribution in [0.15, 0.2) is 28.4 Å². The van der Waals surface area contributed by atoms with E-state index in [2.05, 4.69) is 49.0 Å². The minimum atomic E-state index is -0.630. The normalized spacial score (nSPS) is 12.4. The second kappa shape index (κ2) is 11.3. The Morgan fingerprint density at radius 1 is 1.32 bits per heavy atom. The van der Waals surface area contributed by atoms with Crippen molar-refractivity contribution in [1.82, 2.24) is 9.99 Å². The number of benzene rings is 1. The molecule has 2 rings (SSSR count). The first-order valence-corrected chi connectivity index (χ1v) is 11.5. The van der Waals surface area contributed by atoms with Gasteiger partial charge >= 0.3 is 6.09 Å². The predicted molar refractivity (Wildman–Crippen MR) is 127 cm³/mol. The maximum Gasteiger partial charge on any atom is 0.427 e. The Morgan fingerprint density at radius 3 is 2.68 bits per heavy atom. The Balaban J connectivity index is 2.52. The van der Waals surface area contributed by atoms with E-state index in [0.29, 0.717) is 22.0 Å². The van der Waals surface area contributed by atoms with Gasteiger partial charge in [0.05, 0.1) is 19.9 Å². The number of rotatable bonds is 8. The Hall–Kier alpha value is -2.32. The number of halogens is 1. The molecule has 7 nitrogen and oxygen atoms in total. The molecule has 9 heteroatoms. The number of nitrogens with zero attached hydrogens (tertiary/aromatic N) is 3. The molecule has 0 unspecified atom stereocenters. The van der Waals surface area contributed by atoms with Gasteiger partial charge in [-0.3, -0.25) is 0 Å². The van der Waals surface area contributed by atoms with Crippen LogP contribution in [0.5, 0.6) is 5.75 Å². The van der Waals surface area contributed by atoms with Crippen molar-refractivity contribution in [3.8, 4) is 5.75 Å². The average molecular weight is 467 g/mol. The van der Waals surface area contributed by atoms with Gasteiger partial charge in [0.15, 0.2) is 10.6 Å². The highest BCUT2D eigenvalue weighted by atomic mass is 35.5. The van der Waals surface area contributed by atoms with E-state index >= 15 is 0 Å². The lowest BCUT2D eigenvalue weighted by Gasteiger charge is -2.14. The van der Waals surface area contributed by atoms with Crippen molar-refractivity contribution in [2.45, 2.75) is 59.4 Å². The van der Waals surface area contributed by atoms with Crippen LogP contribution in [0, 0.1) is 0 Å². The summed E-state index contributed by atoms with van der Waals surface area (Å²) in [6, 6.07) is 3.47. The van der Waals surface area contributed by atoms with Crippen molar-refractivity contribution >= 4 is 40.9 Å². The number of aryl methyl sites for hydroxylation is 1. The molecule has 1 aromatic carbocycles. The Labute approximate surface area is 192 Å². The third-order valence-electron chi connectivity index (χ3n) is 4.33. The minimum absolute atomic E-state index is 0.0292. The predicted octanol–water partition coefficient (Wildman–Crippen LogP) is 5.62. The molecule has 0 atom stereocenters. The molecule has 1 heterocycles. The minimum Gasteiger partial charge on any atom is -0.494 e. The van der Waals surface area contributed by atoms with Gasteiger partial charge in [-0.15, -0.1) is 11.3 Å². The van der Waals surface area contributed by atoms with Gasteiger partial charge in [0.1, 0.15) is 5.69 Å². The third-order valence-corrected chi connectivity index (χ3v) is 5.99. The molecule has 1 aromatic heterocycles. The topological polar surface area (TPSA) is 77.2 Å². The number of aromatic nitrogens is 1. The summed E-state index contributed by atoms with van der Waals surface area (Å²) in [6.07, 6.45) is 5.18. The second-order valence-electron chi connectivity index (χ2n) is 7.92. The summed E-state index contributed by atoms with van der Waals surface area (Å²) in [5, 5.41) is 4.41. The Morgan fingerprint density at radius 2 is 2.06 bits per heavy atom. The van der Waals surface area contributed by atoms with Crippen LogP contribution in [0.25, 0.3) is 0 Å². The molecule has 0 aliphatic carbocycles. The molecule has 0 radical (unpaired) electrons. The van der Waals surface area contributed by atoms with Crippen molar-refractivity contribution in [1.29, 1.82) is 0 Å². The first kappa shape index (κ1) is 24.9. The zero-order chi connectivity index (χ0) is 23.0. The van der Waals surface area contributed by atoms with Crippen LogP contribution in [-0.2, 0) is 16.7 Å². The third kappa shape index (κ3) is 7.11. The lowest BCUT2D eigenvalue weighted by molar-refractivity contribution is 0.152. The summed E-state index contributed by atoms with van der Waals surface area (Å²) in [5.41, 5.74) is 3.52. The van der Waals surface area contributed by atoms with E-state index in [-0.39, 0.29) is 12.0 Å². The largest absolute Gasteiger partial charge is 0.494 e. The Kier molecular flexibility index (Phi) is 9.13. The van der Waals surface area contributed by atoms with Gasteiger partial charge < -0.3 is 14.0 Å². The van der Waals surface area contributed by atoms with E-state index in [1.54, 1.807) is 37.5 Å². The highest BCUT2D eigenvalue weighted by molar-refractivity contribution is 7.09. The molecule has 0 aliphatic heterocycles. The van der Waals surface area contributed by atoms with E-state index < -0.39 is 6.09 Å². The van der Waals surface area contributed by atoms with E-state index in [9.17, 15) is 4.79 Å². The van der Waals surface area contributed by atoms with Gasteiger partial charge in [0.25, 0.3) is 0 Å². The monoisotopic (exact) mass is 466 g/mol.